The van der Waals surface area contributed by atoms with Crippen LogP contribution in [0.1, 0.15) is 24.0 Å². The van der Waals surface area contributed by atoms with Crippen LogP contribution in [0, 0.1) is 13.8 Å². The molecule has 0 aliphatic carbocycles. The highest BCUT2D eigenvalue weighted by Crippen LogP contribution is 2.25. The third kappa shape index (κ3) is 3.01. The van der Waals surface area contributed by atoms with Gasteiger partial charge in [0.25, 0.3) is 0 Å². The maximum Gasteiger partial charge on any atom is 0.244 e. The largest absolute Gasteiger partial charge is 0.268 e. The van der Waals surface area contributed by atoms with Gasteiger partial charge >= 0.3 is 0 Å². The number of rotatable bonds is 5. The predicted octanol–water partition coefficient (Wildman–Crippen LogP) is 2.04. The Kier molecular flexibility index (Phi) is 4.86. The molecular formula is C12H17Cl2N5O2S. The lowest BCUT2D eigenvalue weighted by Gasteiger charge is -2.06. The van der Waals surface area contributed by atoms with Gasteiger partial charge in [-0.3, -0.25) is 9.36 Å². The van der Waals surface area contributed by atoms with E-state index in [1.807, 2.05) is 6.92 Å². The molecule has 122 valence electrons. The van der Waals surface area contributed by atoms with Crippen molar-refractivity contribution in [3.05, 3.63) is 27.3 Å². The number of hydrogen-bond acceptors (Lipinski definition) is 4. The molecule has 0 saturated carbocycles. The van der Waals surface area contributed by atoms with Crippen LogP contribution in [0.2, 0.25) is 10.2 Å². The van der Waals surface area contributed by atoms with Gasteiger partial charge in [0.15, 0.2) is 0 Å². The Balaban J connectivity index is 2.29. The number of nitrogens with zero attached hydrogens (tertiary/aromatic N) is 4. The number of aromatic nitrogens is 4. The second kappa shape index (κ2) is 6.19. The predicted molar refractivity (Wildman–Crippen MR) is 84.6 cm³/mol. The molecule has 0 saturated heterocycles. The van der Waals surface area contributed by atoms with Crippen LogP contribution in [0.15, 0.2) is 4.90 Å². The quantitative estimate of drug-likeness (QED) is 0.878. The minimum Gasteiger partial charge on any atom is -0.268 e. The van der Waals surface area contributed by atoms with E-state index in [2.05, 4.69) is 14.9 Å². The fraction of sp³-hybridized carbons (Fsp3) is 0.500. The maximum absolute atomic E-state index is 12.5. The fourth-order valence-corrected chi connectivity index (χ4v) is 4.02. The van der Waals surface area contributed by atoms with Gasteiger partial charge in [-0.25, -0.2) is 13.1 Å². The lowest BCUT2D eigenvalue weighted by atomic mass is 10.4. The fourth-order valence-electron chi connectivity index (χ4n) is 2.26. The summed E-state index contributed by atoms with van der Waals surface area (Å²) in [6, 6.07) is 0. The molecule has 2 aromatic heterocycles. The van der Waals surface area contributed by atoms with Gasteiger partial charge in [0.1, 0.15) is 15.1 Å². The molecule has 7 nitrogen and oxygen atoms in total. The molecule has 0 radical (unpaired) electrons. The summed E-state index contributed by atoms with van der Waals surface area (Å²) in [6.45, 7) is 5.85. The molecule has 0 unspecified atom stereocenters. The van der Waals surface area contributed by atoms with Crippen LogP contribution in [-0.2, 0) is 30.2 Å². The Labute approximate surface area is 139 Å². The van der Waals surface area contributed by atoms with Gasteiger partial charge in [0, 0.05) is 13.6 Å². The van der Waals surface area contributed by atoms with Crippen LogP contribution in [-0.4, -0.2) is 28.0 Å². The van der Waals surface area contributed by atoms with Gasteiger partial charge in [0.05, 0.1) is 23.6 Å². The second-order valence-corrected chi connectivity index (χ2v) is 7.26. The summed E-state index contributed by atoms with van der Waals surface area (Å²) < 4.78 is 30.5. The lowest BCUT2D eigenvalue weighted by Crippen LogP contribution is -2.24. The smallest absolute Gasteiger partial charge is 0.244 e. The van der Waals surface area contributed by atoms with Crippen molar-refractivity contribution in [2.75, 3.05) is 0 Å². The van der Waals surface area contributed by atoms with E-state index in [1.165, 1.54) is 4.68 Å². The molecule has 2 heterocycles. The average molecular weight is 366 g/mol. The molecule has 0 amide bonds. The van der Waals surface area contributed by atoms with E-state index < -0.39 is 10.0 Å². The summed E-state index contributed by atoms with van der Waals surface area (Å²) in [5.41, 5.74) is 1.42. The topological polar surface area (TPSA) is 81.8 Å². The highest BCUT2D eigenvalue weighted by Gasteiger charge is 2.25. The monoisotopic (exact) mass is 365 g/mol. The van der Waals surface area contributed by atoms with Crippen LogP contribution >= 0.6 is 23.2 Å². The molecule has 0 bridgehead atoms. The minimum absolute atomic E-state index is 0.0437. The normalized spacial score (nSPS) is 12.1. The van der Waals surface area contributed by atoms with Gasteiger partial charge in [0.2, 0.25) is 10.0 Å². The minimum atomic E-state index is -3.71. The van der Waals surface area contributed by atoms with Crippen molar-refractivity contribution < 1.29 is 8.42 Å². The lowest BCUT2D eigenvalue weighted by molar-refractivity contribution is 0.577. The summed E-state index contributed by atoms with van der Waals surface area (Å²) in [6.07, 6.45) is 0. The molecule has 0 atom stereocenters. The van der Waals surface area contributed by atoms with E-state index >= 15 is 0 Å². The highest BCUT2D eigenvalue weighted by molar-refractivity contribution is 7.89. The van der Waals surface area contributed by atoms with Crippen molar-refractivity contribution in [3.8, 4) is 0 Å². The maximum atomic E-state index is 12.5. The number of aryl methyl sites for hydroxylation is 3. The number of sulfonamides is 1. The van der Waals surface area contributed by atoms with Crippen molar-refractivity contribution in [1.82, 2.24) is 24.3 Å². The zero-order valence-corrected chi connectivity index (χ0v) is 15.0. The van der Waals surface area contributed by atoms with Gasteiger partial charge < -0.3 is 0 Å². The molecule has 0 aliphatic rings. The van der Waals surface area contributed by atoms with Crippen molar-refractivity contribution >= 4 is 33.2 Å². The van der Waals surface area contributed by atoms with E-state index in [4.69, 9.17) is 23.2 Å². The summed E-state index contributed by atoms with van der Waals surface area (Å²) in [4.78, 5) is 0.188. The molecule has 2 rings (SSSR count). The van der Waals surface area contributed by atoms with E-state index in [0.29, 0.717) is 23.6 Å². The molecule has 22 heavy (non-hydrogen) atoms. The highest BCUT2D eigenvalue weighted by atomic mass is 35.5. The number of nitrogens with one attached hydrogen (secondary N) is 1. The van der Waals surface area contributed by atoms with Crippen molar-refractivity contribution in [2.24, 2.45) is 7.05 Å². The zero-order valence-electron chi connectivity index (χ0n) is 12.7. The molecule has 0 aliphatic heterocycles. The molecule has 10 heteroatoms. The molecule has 0 spiro atoms. The summed E-state index contributed by atoms with van der Waals surface area (Å²) in [5, 5.41) is 8.80. The van der Waals surface area contributed by atoms with E-state index in [9.17, 15) is 8.42 Å². The Morgan fingerprint density at radius 2 is 1.86 bits per heavy atom. The van der Waals surface area contributed by atoms with Gasteiger partial charge in [-0.2, -0.15) is 10.2 Å². The molecule has 2 aromatic rings. The Morgan fingerprint density at radius 3 is 2.32 bits per heavy atom. The van der Waals surface area contributed by atoms with Crippen LogP contribution in [0.3, 0.4) is 0 Å². The third-order valence-corrected chi connectivity index (χ3v) is 5.88. The first kappa shape index (κ1) is 17.3. The second-order valence-electron chi connectivity index (χ2n) is 4.82. The molecular weight excluding hydrogens is 349 g/mol. The molecule has 1 N–H and O–H groups in total. The van der Waals surface area contributed by atoms with Crippen LogP contribution in [0.5, 0.6) is 0 Å². The molecule has 0 fully saturated rings. The Bertz CT molecular complexity index is 810. The molecule has 0 aromatic carbocycles. The van der Waals surface area contributed by atoms with Gasteiger partial charge in [-0.15, -0.1) is 0 Å². The SMILES string of the molecule is CCn1nc(C)c(S(=O)(=O)NCc2nn(C)c(Cl)c2Cl)c1C. The average Bonchev–Trinajstić information content (AvgIpc) is 2.88. The first-order valence-corrected chi connectivity index (χ1v) is 8.83. The van der Waals surface area contributed by atoms with Crippen molar-refractivity contribution in [1.29, 1.82) is 0 Å². The van der Waals surface area contributed by atoms with E-state index in [0.717, 1.165) is 0 Å². The standard InChI is InChI=1S/C12H17Cl2N5O2S/c1-5-19-8(3)11(7(2)16-19)22(20,21)15-6-9-10(13)12(14)18(4)17-9/h15H,5-6H2,1-4H3. The van der Waals surface area contributed by atoms with E-state index in [-0.39, 0.29) is 21.6 Å². The van der Waals surface area contributed by atoms with Crippen LogP contribution in [0.4, 0.5) is 0 Å². The van der Waals surface area contributed by atoms with Crippen LogP contribution in [0.25, 0.3) is 0 Å². The zero-order chi connectivity index (χ0) is 16.7. The van der Waals surface area contributed by atoms with Crippen molar-refractivity contribution in [3.63, 3.8) is 0 Å². The first-order chi connectivity index (χ1) is 10.2. The summed E-state index contributed by atoms with van der Waals surface area (Å²) in [5.74, 6) is 0. The number of halogens is 2. The van der Waals surface area contributed by atoms with Gasteiger partial charge in [-0.05, 0) is 20.8 Å². The summed E-state index contributed by atoms with van der Waals surface area (Å²) in [7, 11) is -2.08. The van der Waals surface area contributed by atoms with Crippen LogP contribution < -0.4 is 4.72 Å². The number of hydrogen-bond donors (Lipinski definition) is 1. The Morgan fingerprint density at radius 1 is 1.23 bits per heavy atom. The third-order valence-electron chi connectivity index (χ3n) is 3.30. The van der Waals surface area contributed by atoms with E-state index in [1.54, 1.807) is 25.6 Å². The Hall–Kier alpha value is -1.09. The first-order valence-electron chi connectivity index (χ1n) is 6.59. The summed E-state index contributed by atoms with van der Waals surface area (Å²) >= 11 is 11.9. The van der Waals surface area contributed by atoms with Gasteiger partial charge in [-0.1, -0.05) is 23.2 Å². The van der Waals surface area contributed by atoms with Crippen molar-refractivity contribution in [2.45, 2.75) is 38.8 Å².